The highest BCUT2D eigenvalue weighted by Gasteiger charge is 2.38. The Hall–Kier alpha value is -1.39. The van der Waals surface area contributed by atoms with Gasteiger partial charge in [-0.3, -0.25) is 0 Å². The van der Waals surface area contributed by atoms with Crippen molar-refractivity contribution in [3.63, 3.8) is 0 Å². The van der Waals surface area contributed by atoms with Crippen LogP contribution in [0.5, 0.6) is 0 Å². The van der Waals surface area contributed by atoms with E-state index in [1.165, 1.54) is 36.0 Å². The van der Waals surface area contributed by atoms with Gasteiger partial charge in [0.25, 0.3) is 0 Å². The quantitative estimate of drug-likeness (QED) is 0.947. The van der Waals surface area contributed by atoms with Crippen molar-refractivity contribution in [1.29, 1.82) is 0 Å². The Morgan fingerprint density at radius 1 is 1.14 bits per heavy atom. The van der Waals surface area contributed by atoms with Gasteiger partial charge in [0, 0.05) is 0 Å². The maximum absolute atomic E-state index is 6.22. The van der Waals surface area contributed by atoms with Gasteiger partial charge in [0.2, 0.25) is 5.89 Å². The first-order valence-electron chi connectivity index (χ1n) is 7.46. The van der Waals surface area contributed by atoms with Crippen molar-refractivity contribution in [2.75, 3.05) is 0 Å². The van der Waals surface area contributed by atoms with Gasteiger partial charge in [-0.1, -0.05) is 23.4 Å². The van der Waals surface area contributed by atoms with Crippen molar-refractivity contribution in [1.82, 2.24) is 10.1 Å². The maximum Gasteiger partial charge on any atom is 0.231 e. The Morgan fingerprint density at radius 3 is 2.71 bits per heavy atom. The Bertz CT molecular complexity index is 649. The van der Waals surface area contributed by atoms with Gasteiger partial charge in [-0.15, -0.1) is 12.4 Å². The number of aromatic nitrogens is 2. The third kappa shape index (κ3) is 2.58. The normalized spacial score (nSPS) is 18.7. The lowest BCUT2D eigenvalue weighted by molar-refractivity contribution is 0.229. The van der Waals surface area contributed by atoms with Gasteiger partial charge in [-0.25, -0.2) is 0 Å². The van der Waals surface area contributed by atoms with Gasteiger partial charge >= 0.3 is 0 Å². The van der Waals surface area contributed by atoms with Crippen molar-refractivity contribution in [2.24, 2.45) is 5.73 Å². The van der Waals surface area contributed by atoms with Crippen LogP contribution in [0, 0.1) is 0 Å². The molecule has 0 atom stereocenters. The lowest BCUT2D eigenvalue weighted by atomic mass is 9.77. The number of fused-ring (bicyclic) bond motifs is 1. The van der Waals surface area contributed by atoms with Crippen LogP contribution >= 0.6 is 12.4 Å². The average molecular weight is 306 g/mol. The maximum atomic E-state index is 6.22. The summed E-state index contributed by atoms with van der Waals surface area (Å²) in [7, 11) is 0. The number of hydrogen-bond acceptors (Lipinski definition) is 4. The van der Waals surface area contributed by atoms with E-state index in [9.17, 15) is 0 Å². The fraction of sp³-hybridized carbons (Fsp3) is 0.500. The van der Waals surface area contributed by atoms with E-state index >= 15 is 0 Å². The summed E-state index contributed by atoms with van der Waals surface area (Å²) in [4.78, 5) is 4.49. The van der Waals surface area contributed by atoms with E-state index < -0.39 is 0 Å². The second-order valence-corrected chi connectivity index (χ2v) is 6.15. The summed E-state index contributed by atoms with van der Waals surface area (Å²) >= 11 is 0. The zero-order valence-electron chi connectivity index (χ0n) is 12.0. The first-order valence-corrected chi connectivity index (χ1v) is 7.46. The molecule has 2 aliphatic carbocycles. The minimum atomic E-state index is -0.334. The molecule has 0 radical (unpaired) electrons. The fourth-order valence-corrected chi connectivity index (χ4v) is 3.22. The third-order valence-electron chi connectivity index (χ3n) is 4.68. The molecule has 112 valence electrons. The summed E-state index contributed by atoms with van der Waals surface area (Å²) in [5.41, 5.74) is 10.1. The molecule has 4 nitrogen and oxygen atoms in total. The lowest BCUT2D eigenvalue weighted by Gasteiger charge is -2.34. The summed E-state index contributed by atoms with van der Waals surface area (Å²) in [5.74, 6) is 1.36. The largest absolute Gasteiger partial charge is 0.339 e. The second kappa shape index (κ2) is 5.43. The number of nitrogens with two attached hydrogens (primary N) is 1. The number of rotatable bonds is 3. The summed E-state index contributed by atoms with van der Waals surface area (Å²) < 4.78 is 5.37. The minimum Gasteiger partial charge on any atom is -0.339 e. The number of aryl methyl sites for hydroxylation is 2. The van der Waals surface area contributed by atoms with Gasteiger partial charge in [0.05, 0.1) is 12.0 Å². The number of hydrogen-bond donors (Lipinski definition) is 1. The SMILES string of the molecule is Cl.NC1(c2noc(Cc3ccc4c(c3)CCC4)n2)CCC1. The summed E-state index contributed by atoms with van der Waals surface area (Å²) in [5, 5.41) is 4.07. The average Bonchev–Trinajstić information content (AvgIpc) is 3.04. The highest BCUT2D eigenvalue weighted by molar-refractivity contribution is 5.85. The highest BCUT2D eigenvalue weighted by Crippen LogP contribution is 2.37. The Kier molecular flexibility index (Phi) is 3.76. The first kappa shape index (κ1) is 14.5. The van der Waals surface area contributed by atoms with E-state index in [-0.39, 0.29) is 17.9 Å². The molecule has 1 fully saturated rings. The molecule has 2 aromatic rings. The summed E-state index contributed by atoms with van der Waals surface area (Å²) in [6.45, 7) is 0. The molecular formula is C16H20ClN3O. The van der Waals surface area contributed by atoms with Crippen LogP contribution in [0.25, 0.3) is 0 Å². The van der Waals surface area contributed by atoms with Crippen LogP contribution < -0.4 is 5.73 Å². The summed E-state index contributed by atoms with van der Waals surface area (Å²) in [6, 6.07) is 6.70. The highest BCUT2D eigenvalue weighted by atomic mass is 35.5. The molecule has 0 saturated heterocycles. The van der Waals surface area contributed by atoms with Crippen LogP contribution in [-0.2, 0) is 24.8 Å². The van der Waals surface area contributed by atoms with Gasteiger partial charge < -0.3 is 10.3 Å². The first-order chi connectivity index (χ1) is 9.73. The van der Waals surface area contributed by atoms with Gasteiger partial charge in [0.1, 0.15) is 0 Å². The molecule has 0 unspecified atom stereocenters. The summed E-state index contributed by atoms with van der Waals surface area (Å²) in [6.07, 6.45) is 7.48. The van der Waals surface area contributed by atoms with E-state index in [0.717, 1.165) is 19.3 Å². The van der Waals surface area contributed by atoms with Crippen LogP contribution in [0.4, 0.5) is 0 Å². The van der Waals surface area contributed by atoms with E-state index in [1.54, 1.807) is 0 Å². The Labute approximate surface area is 130 Å². The van der Waals surface area contributed by atoms with Crippen LogP contribution in [0.3, 0.4) is 0 Å². The van der Waals surface area contributed by atoms with E-state index in [2.05, 4.69) is 28.3 Å². The molecule has 1 saturated carbocycles. The molecule has 1 heterocycles. The van der Waals surface area contributed by atoms with Crippen molar-refractivity contribution in [2.45, 2.75) is 50.5 Å². The van der Waals surface area contributed by atoms with Gasteiger partial charge in [-0.05, 0) is 55.2 Å². The molecule has 0 aliphatic heterocycles. The van der Waals surface area contributed by atoms with E-state index in [4.69, 9.17) is 10.3 Å². The van der Waals surface area contributed by atoms with Crippen LogP contribution in [0.1, 0.15) is 54.1 Å². The zero-order chi connectivity index (χ0) is 13.6. The van der Waals surface area contributed by atoms with Crippen LogP contribution in [0.15, 0.2) is 22.7 Å². The second-order valence-electron chi connectivity index (χ2n) is 6.15. The molecule has 2 aliphatic rings. The molecule has 4 rings (SSSR count). The monoisotopic (exact) mass is 305 g/mol. The molecule has 0 bridgehead atoms. The molecule has 1 aromatic carbocycles. The molecular weight excluding hydrogens is 286 g/mol. The minimum absolute atomic E-state index is 0. The zero-order valence-corrected chi connectivity index (χ0v) is 12.8. The van der Waals surface area contributed by atoms with Gasteiger partial charge in [0.15, 0.2) is 5.82 Å². The molecule has 21 heavy (non-hydrogen) atoms. The number of nitrogens with zero attached hydrogens (tertiary/aromatic N) is 2. The van der Waals surface area contributed by atoms with Crippen molar-refractivity contribution < 1.29 is 4.52 Å². The number of halogens is 1. The topological polar surface area (TPSA) is 64.9 Å². The molecule has 1 aromatic heterocycles. The van der Waals surface area contributed by atoms with Crippen LogP contribution in [-0.4, -0.2) is 10.1 Å². The van der Waals surface area contributed by atoms with Crippen LogP contribution in [0.2, 0.25) is 0 Å². The van der Waals surface area contributed by atoms with Crippen molar-refractivity contribution >= 4 is 12.4 Å². The molecule has 0 spiro atoms. The smallest absolute Gasteiger partial charge is 0.231 e. The van der Waals surface area contributed by atoms with Crippen molar-refractivity contribution in [3.05, 3.63) is 46.6 Å². The Balaban J connectivity index is 0.00000132. The standard InChI is InChI=1S/C16H19N3O.ClH/c17-16(7-2-8-16)15-18-14(20-19-15)10-11-5-6-12-3-1-4-13(12)9-11;/h5-6,9H,1-4,7-8,10,17H2;1H. The van der Waals surface area contributed by atoms with E-state index in [1.807, 2.05) is 0 Å². The predicted molar refractivity (Wildman–Crippen MR) is 82.5 cm³/mol. The predicted octanol–water partition coefficient (Wildman–Crippen LogP) is 2.91. The lowest BCUT2D eigenvalue weighted by Crippen LogP contribution is -2.44. The number of benzene rings is 1. The third-order valence-corrected chi connectivity index (χ3v) is 4.68. The molecule has 0 amide bonds. The molecule has 5 heteroatoms. The molecule has 2 N–H and O–H groups in total. The fourth-order valence-electron chi connectivity index (χ4n) is 3.22. The Morgan fingerprint density at radius 2 is 1.95 bits per heavy atom. The van der Waals surface area contributed by atoms with Gasteiger partial charge in [-0.2, -0.15) is 4.98 Å². The van der Waals surface area contributed by atoms with Crippen molar-refractivity contribution in [3.8, 4) is 0 Å². The van der Waals surface area contributed by atoms with E-state index in [0.29, 0.717) is 18.1 Å².